The molecule has 0 aromatic carbocycles. The quantitative estimate of drug-likeness (QED) is 0.362. The van der Waals surface area contributed by atoms with E-state index in [0.29, 0.717) is 33.4 Å². The minimum atomic E-state index is -0.308. The second-order valence-corrected chi connectivity index (χ2v) is 8.28. The Hall–Kier alpha value is -3.72. The Morgan fingerprint density at radius 1 is 1.16 bits per heavy atom. The molecule has 1 aliphatic rings. The van der Waals surface area contributed by atoms with Crippen LogP contribution in [0.5, 0.6) is 0 Å². The van der Waals surface area contributed by atoms with E-state index in [1.807, 2.05) is 26.0 Å². The van der Waals surface area contributed by atoms with Crippen LogP contribution >= 0.6 is 11.6 Å². The molecule has 0 saturated heterocycles. The second-order valence-electron chi connectivity index (χ2n) is 7.91. The number of pyridine rings is 2. The van der Waals surface area contributed by atoms with Crippen molar-refractivity contribution in [3.8, 4) is 11.3 Å². The van der Waals surface area contributed by atoms with E-state index in [4.69, 9.17) is 11.6 Å². The Bertz CT molecular complexity index is 1370. The predicted octanol–water partition coefficient (Wildman–Crippen LogP) is 4.22. The van der Waals surface area contributed by atoms with Crippen molar-refractivity contribution >= 4 is 46.0 Å². The lowest BCUT2D eigenvalue weighted by Crippen LogP contribution is -2.14. The first-order chi connectivity index (χ1) is 15.4. The molecule has 1 fully saturated rings. The van der Waals surface area contributed by atoms with Gasteiger partial charge < -0.3 is 15.6 Å². The van der Waals surface area contributed by atoms with Gasteiger partial charge in [0.2, 0.25) is 5.91 Å². The van der Waals surface area contributed by atoms with Crippen molar-refractivity contribution in [1.29, 1.82) is 0 Å². The highest BCUT2D eigenvalue weighted by Gasteiger charge is 2.30. The molecule has 0 unspecified atom stereocenters. The van der Waals surface area contributed by atoms with E-state index in [1.54, 1.807) is 18.5 Å². The number of hydrogen-bond donors (Lipinski definition) is 4. The molecule has 4 aromatic heterocycles. The lowest BCUT2D eigenvalue weighted by atomic mass is 10.2. The number of nitrogens with one attached hydrogen (secondary N) is 4. The average molecular weight is 450 g/mol. The number of aromatic amines is 2. The van der Waals surface area contributed by atoms with E-state index in [-0.39, 0.29) is 17.7 Å². The zero-order valence-corrected chi connectivity index (χ0v) is 18.2. The van der Waals surface area contributed by atoms with Gasteiger partial charge in [-0.2, -0.15) is 5.10 Å². The third-order valence-corrected chi connectivity index (χ3v) is 5.95. The van der Waals surface area contributed by atoms with E-state index < -0.39 is 0 Å². The molecule has 0 spiro atoms. The van der Waals surface area contributed by atoms with Gasteiger partial charge in [-0.3, -0.25) is 14.7 Å². The van der Waals surface area contributed by atoms with Gasteiger partial charge in [0, 0.05) is 40.0 Å². The number of amides is 2. The van der Waals surface area contributed by atoms with Crippen LogP contribution in [0.2, 0.25) is 5.02 Å². The van der Waals surface area contributed by atoms with E-state index >= 15 is 0 Å². The zero-order valence-electron chi connectivity index (χ0n) is 17.4. The minimum absolute atomic E-state index is 0.0524. The van der Waals surface area contributed by atoms with Gasteiger partial charge in [-0.1, -0.05) is 11.6 Å². The molecule has 4 heterocycles. The van der Waals surface area contributed by atoms with Gasteiger partial charge in [-0.15, -0.1) is 0 Å². The topological polar surface area (TPSA) is 128 Å². The molecule has 1 saturated carbocycles. The minimum Gasteiger partial charge on any atom is -0.339 e. The Morgan fingerprint density at radius 3 is 2.69 bits per heavy atom. The number of aryl methyl sites for hydroxylation is 1. The average Bonchev–Trinajstić information content (AvgIpc) is 3.46. The normalized spacial score (nSPS) is 13.3. The number of carbonyl (C=O) groups excluding carboxylic acids is 2. The summed E-state index contributed by atoms with van der Waals surface area (Å²) in [7, 11) is 0. The first-order valence-corrected chi connectivity index (χ1v) is 10.6. The third kappa shape index (κ3) is 3.71. The molecule has 32 heavy (non-hydrogen) atoms. The molecule has 2 amide bonds. The molecule has 5 rings (SSSR count). The molecular formula is C22H20ClN7O2. The molecule has 9 nitrogen and oxygen atoms in total. The Labute approximate surface area is 188 Å². The summed E-state index contributed by atoms with van der Waals surface area (Å²) >= 11 is 6.54. The lowest BCUT2D eigenvalue weighted by Gasteiger charge is -2.08. The Morgan fingerprint density at radius 2 is 1.97 bits per heavy atom. The maximum absolute atomic E-state index is 12.5. The van der Waals surface area contributed by atoms with Crippen molar-refractivity contribution < 1.29 is 9.59 Å². The molecule has 0 bridgehead atoms. The molecule has 0 atom stereocenters. The smallest absolute Gasteiger partial charge is 0.276 e. The predicted molar refractivity (Wildman–Crippen MR) is 122 cm³/mol. The van der Waals surface area contributed by atoms with E-state index in [0.717, 1.165) is 35.2 Å². The maximum atomic E-state index is 12.5. The number of rotatable bonds is 5. The summed E-state index contributed by atoms with van der Waals surface area (Å²) in [6, 6.07) is 5.47. The van der Waals surface area contributed by atoms with Gasteiger partial charge in [0.15, 0.2) is 11.5 Å². The highest BCUT2D eigenvalue weighted by atomic mass is 35.5. The SMILES string of the molecule is Cc1[nH]nc(C(=O)Nc2cnc3[nH]c(-c4ccnc(NC(=O)C5CC5)c4Cl)cc3c2)c1C. The van der Waals surface area contributed by atoms with Crippen molar-refractivity contribution in [3.63, 3.8) is 0 Å². The first-order valence-electron chi connectivity index (χ1n) is 10.2. The van der Waals surface area contributed by atoms with E-state index in [2.05, 4.69) is 35.8 Å². The summed E-state index contributed by atoms with van der Waals surface area (Å²) in [4.78, 5) is 36.5. The van der Waals surface area contributed by atoms with Gasteiger partial charge in [0.1, 0.15) is 5.65 Å². The standard InChI is InChI=1S/C22H20ClN7O2/c1-10-11(2)29-30-18(10)22(32)26-14-7-13-8-16(27-19(13)25-9-14)15-5-6-24-20(17(15)23)28-21(31)12-3-4-12/h5-9,12H,3-4H2,1-2H3,(H,25,27)(H,26,32)(H,29,30)(H,24,28,31). The van der Waals surface area contributed by atoms with Crippen LogP contribution in [0.1, 0.15) is 34.6 Å². The summed E-state index contributed by atoms with van der Waals surface area (Å²) in [5.41, 5.74) is 4.61. The summed E-state index contributed by atoms with van der Waals surface area (Å²) in [6.07, 6.45) is 4.97. The number of fused-ring (bicyclic) bond motifs is 1. The summed E-state index contributed by atoms with van der Waals surface area (Å²) < 4.78 is 0. The summed E-state index contributed by atoms with van der Waals surface area (Å²) in [5.74, 6) is 0.0245. The van der Waals surface area contributed by atoms with Crippen LogP contribution in [-0.2, 0) is 4.79 Å². The van der Waals surface area contributed by atoms with Gasteiger partial charge in [-0.05, 0) is 44.9 Å². The fourth-order valence-corrected chi connectivity index (χ4v) is 3.69. The van der Waals surface area contributed by atoms with Crippen LogP contribution in [0.3, 0.4) is 0 Å². The third-order valence-electron chi connectivity index (χ3n) is 5.57. The van der Waals surface area contributed by atoms with Crippen molar-refractivity contribution in [2.75, 3.05) is 10.6 Å². The molecule has 0 aliphatic heterocycles. The number of hydrogen-bond acceptors (Lipinski definition) is 5. The van der Waals surface area contributed by atoms with Crippen molar-refractivity contribution in [2.24, 2.45) is 5.92 Å². The summed E-state index contributed by atoms with van der Waals surface area (Å²) in [5, 5.41) is 13.6. The van der Waals surface area contributed by atoms with Gasteiger partial charge >= 0.3 is 0 Å². The van der Waals surface area contributed by atoms with Crippen molar-refractivity contribution in [1.82, 2.24) is 25.1 Å². The van der Waals surface area contributed by atoms with Crippen molar-refractivity contribution in [3.05, 3.63) is 52.6 Å². The number of nitrogens with zero attached hydrogens (tertiary/aromatic N) is 3. The molecular weight excluding hydrogens is 430 g/mol. The monoisotopic (exact) mass is 449 g/mol. The number of carbonyl (C=O) groups is 2. The van der Waals surface area contributed by atoms with Crippen LogP contribution in [0, 0.1) is 19.8 Å². The molecule has 4 N–H and O–H groups in total. The highest BCUT2D eigenvalue weighted by Crippen LogP contribution is 2.35. The second kappa shape index (κ2) is 7.76. The first kappa shape index (κ1) is 20.2. The van der Waals surface area contributed by atoms with Crippen LogP contribution in [0.15, 0.2) is 30.6 Å². The van der Waals surface area contributed by atoms with Crippen LogP contribution < -0.4 is 10.6 Å². The van der Waals surface area contributed by atoms with Crippen LogP contribution in [-0.4, -0.2) is 37.0 Å². The Balaban J connectivity index is 1.41. The fourth-order valence-electron chi connectivity index (χ4n) is 3.43. The molecule has 10 heteroatoms. The van der Waals surface area contributed by atoms with E-state index in [9.17, 15) is 9.59 Å². The number of aromatic nitrogens is 5. The highest BCUT2D eigenvalue weighted by molar-refractivity contribution is 6.36. The van der Waals surface area contributed by atoms with Gasteiger partial charge in [-0.25, -0.2) is 9.97 Å². The largest absolute Gasteiger partial charge is 0.339 e. The van der Waals surface area contributed by atoms with Crippen LogP contribution in [0.4, 0.5) is 11.5 Å². The molecule has 0 radical (unpaired) electrons. The Kier molecular flexibility index (Phi) is 4.90. The van der Waals surface area contributed by atoms with E-state index in [1.165, 1.54) is 0 Å². The number of anilines is 2. The summed E-state index contributed by atoms with van der Waals surface area (Å²) in [6.45, 7) is 3.70. The molecule has 1 aliphatic carbocycles. The fraction of sp³-hybridized carbons (Fsp3) is 0.227. The zero-order chi connectivity index (χ0) is 22.4. The number of halogens is 1. The number of H-pyrrole nitrogens is 2. The lowest BCUT2D eigenvalue weighted by molar-refractivity contribution is -0.117. The van der Waals surface area contributed by atoms with Crippen LogP contribution in [0.25, 0.3) is 22.3 Å². The van der Waals surface area contributed by atoms with Crippen molar-refractivity contribution in [2.45, 2.75) is 26.7 Å². The van der Waals surface area contributed by atoms with Gasteiger partial charge in [0.25, 0.3) is 5.91 Å². The molecule has 4 aromatic rings. The van der Waals surface area contributed by atoms with Gasteiger partial charge in [0.05, 0.1) is 16.9 Å². The molecule has 162 valence electrons. The maximum Gasteiger partial charge on any atom is 0.276 e.